The van der Waals surface area contributed by atoms with Gasteiger partial charge in [-0.2, -0.15) is 0 Å². The number of nitrogens with two attached hydrogens (primary N) is 1. The van der Waals surface area contributed by atoms with E-state index in [1.807, 2.05) is 13.8 Å². The summed E-state index contributed by atoms with van der Waals surface area (Å²) in [5, 5.41) is 8.17. The minimum absolute atomic E-state index is 0.0852. The molecule has 2 rings (SSSR count). The number of nitrogens with one attached hydrogen (secondary N) is 1. The highest BCUT2D eigenvalue weighted by Crippen LogP contribution is 2.34. The topological polar surface area (TPSA) is 81.4 Å². The Morgan fingerprint density at radius 1 is 1.44 bits per heavy atom. The van der Waals surface area contributed by atoms with Crippen molar-refractivity contribution < 1.29 is 13.2 Å². The lowest BCUT2D eigenvalue weighted by atomic mass is 10.1. The summed E-state index contributed by atoms with van der Waals surface area (Å²) in [7, 11) is -3.66. The summed E-state index contributed by atoms with van der Waals surface area (Å²) in [6.45, 7) is 4.53. The van der Waals surface area contributed by atoms with E-state index in [9.17, 15) is 8.42 Å². The van der Waals surface area contributed by atoms with Crippen LogP contribution in [0.4, 0.5) is 5.69 Å². The molecule has 3 N–H and O–H groups in total. The first kappa shape index (κ1) is 11.2. The van der Waals surface area contributed by atoms with Crippen molar-refractivity contribution in [3.8, 4) is 5.75 Å². The number of hydrogen-bond acceptors (Lipinski definition) is 4. The van der Waals surface area contributed by atoms with Gasteiger partial charge in [0, 0.05) is 0 Å². The summed E-state index contributed by atoms with van der Waals surface area (Å²) in [5.74, 6) is 0.642. The van der Waals surface area contributed by atoms with Gasteiger partial charge >= 0.3 is 0 Å². The number of ether oxygens (including phenoxy) is 1. The van der Waals surface area contributed by atoms with Crippen molar-refractivity contribution >= 4 is 15.7 Å². The molecule has 0 spiro atoms. The second-order valence-electron chi connectivity index (χ2n) is 4.42. The van der Waals surface area contributed by atoms with Crippen LogP contribution in [0.3, 0.4) is 0 Å². The van der Waals surface area contributed by atoms with Gasteiger partial charge in [-0.3, -0.25) is 0 Å². The Bertz CT molecular complexity index is 523. The number of anilines is 1. The number of sulfonamides is 1. The fraction of sp³-hybridized carbons (Fsp3) is 0.400. The first-order chi connectivity index (χ1) is 7.28. The van der Waals surface area contributed by atoms with Gasteiger partial charge in [-0.15, -0.1) is 0 Å². The zero-order chi connectivity index (χ0) is 12.0. The number of fused-ring (bicyclic) bond motifs is 1. The lowest BCUT2D eigenvalue weighted by molar-refractivity contribution is 0.116. The average molecular weight is 242 g/mol. The summed E-state index contributed by atoms with van der Waals surface area (Å²) < 4.78 is 28.0. The summed E-state index contributed by atoms with van der Waals surface area (Å²) in [4.78, 5) is 0.0852. The Balaban J connectivity index is 2.43. The highest BCUT2D eigenvalue weighted by atomic mass is 32.2. The van der Waals surface area contributed by atoms with Crippen LogP contribution in [0.25, 0.3) is 0 Å². The summed E-state index contributed by atoms with van der Waals surface area (Å²) in [6, 6.07) is 4.54. The van der Waals surface area contributed by atoms with E-state index >= 15 is 0 Å². The van der Waals surface area contributed by atoms with Gasteiger partial charge in [0.05, 0.1) is 17.1 Å². The van der Waals surface area contributed by atoms with Crippen molar-refractivity contribution in [3.05, 3.63) is 18.2 Å². The molecule has 0 saturated carbocycles. The van der Waals surface area contributed by atoms with Gasteiger partial charge in [0.15, 0.2) is 0 Å². The minimum atomic E-state index is -3.66. The van der Waals surface area contributed by atoms with Crippen LogP contribution in [0, 0.1) is 0 Å². The third kappa shape index (κ3) is 2.12. The standard InChI is InChI=1S/C10H14N2O3S/c1-10(2)6-12-8-5-7(16(11,13)14)3-4-9(8)15-10/h3-5,12H,6H2,1-2H3,(H2,11,13,14). The van der Waals surface area contributed by atoms with E-state index in [0.29, 0.717) is 18.0 Å². The Hall–Kier alpha value is -1.27. The SMILES string of the molecule is CC1(C)CNc2cc(S(N)(=O)=O)ccc2O1. The molecular weight excluding hydrogens is 228 g/mol. The van der Waals surface area contributed by atoms with Crippen LogP contribution in [0.2, 0.25) is 0 Å². The highest BCUT2D eigenvalue weighted by molar-refractivity contribution is 7.89. The molecule has 0 saturated heterocycles. The van der Waals surface area contributed by atoms with Gasteiger partial charge in [0.2, 0.25) is 10.0 Å². The second kappa shape index (κ2) is 3.36. The van der Waals surface area contributed by atoms with E-state index in [1.54, 1.807) is 6.07 Å². The number of benzene rings is 1. The molecule has 0 radical (unpaired) electrons. The predicted molar refractivity (Wildman–Crippen MR) is 61.0 cm³/mol. The number of hydrogen-bond donors (Lipinski definition) is 2. The van der Waals surface area contributed by atoms with Crippen molar-refractivity contribution in [2.45, 2.75) is 24.3 Å². The molecule has 0 fully saturated rings. The van der Waals surface area contributed by atoms with E-state index in [2.05, 4.69) is 5.32 Å². The molecule has 6 heteroatoms. The van der Waals surface area contributed by atoms with E-state index in [0.717, 1.165) is 0 Å². The third-order valence-corrected chi connectivity index (χ3v) is 3.28. The molecule has 0 aliphatic carbocycles. The molecule has 0 aromatic heterocycles. The maximum atomic E-state index is 11.2. The van der Waals surface area contributed by atoms with Gasteiger partial charge in [0.1, 0.15) is 11.4 Å². The average Bonchev–Trinajstić information content (AvgIpc) is 2.14. The van der Waals surface area contributed by atoms with Crippen LogP contribution in [-0.4, -0.2) is 20.6 Å². The van der Waals surface area contributed by atoms with E-state index in [1.165, 1.54) is 12.1 Å². The zero-order valence-electron chi connectivity index (χ0n) is 9.15. The molecule has 0 amide bonds. The molecule has 1 aliphatic rings. The first-order valence-corrected chi connectivity index (χ1v) is 6.42. The van der Waals surface area contributed by atoms with Gasteiger partial charge in [-0.25, -0.2) is 13.6 Å². The summed E-state index contributed by atoms with van der Waals surface area (Å²) in [5.41, 5.74) is 0.363. The van der Waals surface area contributed by atoms with Crippen LogP contribution in [0.1, 0.15) is 13.8 Å². The molecule has 5 nitrogen and oxygen atoms in total. The van der Waals surface area contributed by atoms with Crippen LogP contribution in [0.5, 0.6) is 5.75 Å². The van der Waals surface area contributed by atoms with Gasteiger partial charge < -0.3 is 10.1 Å². The van der Waals surface area contributed by atoms with Crippen LogP contribution >= 0.6 is 0 Å². The van der Waals surface area contributed by atoms with Crippen molar-refractivity contribution in [1.82, 2.24) is 0 Å². The molecule has 1 aromatic rings. The molecule has 88 valence electrons. The van der Waals surface area contributed by atoms with Crippen LogP contribution in [-0.2, 0) is 10.0 Å². The second-order valence-corrected chi connectivity index (χ2v) is 5.98. The van der Waals surface area contributed by atoms with Crippen molar-refractivity contribution in [2.75, 3.05) is 11.9 Å². The Morgan fingerprint density at radius 3 is 2.75 bits per heavy atom. The Kier molecular flexibility index (Phi) is 2.36. The molecular formula is C10H14N2O3S. The summed E-state index contributed by atoms with van der Waals surface area (Å²) in [6.07, 6.45) is 0. The lowest BCUT2D eigenvalue weighted by Crippen LogP contribution is -2.40. The van der Waals surface area contributed by atoms with Crippen molar-refractivity contribution in [1.29, 1.82) is 0 Å². The van der Waals surface area contributed by atoms with Gasteiger partial charge in [-0.1, -0.05) is 0 Å². The van der Waals surface area contributed by atoms with E-state index in [-0.39, 0.29) is 10.5 Å². The lowest BCUT2D eigenvalue weighted by Gasteiger charge is -2.33. The minimum Gasteiger partial charge on any atom is -0.484 e. The van der Waals surface area contributed by atoms with Crippen molar-refractivity contribution in [2.24, 2.45) is 5.14 Å². The molecule has 0 atom stereocenters. The largest absolute Gasteiger partial charge is 0.484 e. The summed E-state index contributed by atoms with van der Waals surface area (Å²) >= 11 is 0. The predicted octanol–water partition coefficient (Wildman–Crippen LogP) is 0.917. The highest BCUT2D eigenvalue weighted by Gasteiger charge is 2.26. The fourth-order valence-electron chi connectivity index (χ4n) is 1.56. The smallest absolute Gasteiger partial charge is 0.238 e. The molecule has 16 heavy (non-hydrogen) atoms. The Morgan fingerprint density at radius 2 is 2.12 bits per heavy atom. The molecule has 0 unspecified atom stereocenters. The monoisotopic (exact) mass is 242 g/mol. The van der Waals surface area contributed by atoms with Crippen molar-refractivity contribution in [3.63, 3.8) is 0 Å². The third-order valence-electron chi connectivity index (χ3n) is 2.37. The fourth-order valence-corrected chi connectivity index (χ4v) is 2.09. The Labute approximate surface area is 94.6 Å². The first-order valence-electron chi connectivity index (χ1n) is 4.88. The molecule has 1 aromatic carbocycles. The molecule has 0 bridgehead atoms. The van der Waals surface area contributed by atoms with Crippen LogP contribution < -0.4 is 15.2 Å². The number of rotatable bonds is 1. The van der Waals surface area contributed by atoms with E-state index in [4.69, 9.17) is 9.88 Å². The maximum absolute atomic E-state index is 11.2. The van der Waals surface area contributed by atoms with Gasteiger partial charge in [0.25, 0.3) is 0 Å². The molecule has 1 aliphatic heterocycles. The quantitative estimate of drug-likeness (QED) is 0.767. The zero-order valence-corrected chi connectivity index (χ0v) is 9.97. The number of primary sulfonamides is 1. The molecule has 1 heterocycles. The van der Waals surface area contributed by atoms with E-state index < -0.39 is 10.0 Å². The maximum Gasteiger partial charge on any atom is 0.238 e. The van der Waals surface area contributed by atoms with Crippen LogP contribution in [0.15, 0.2) is 23.1 Å². The van der Waals surface area contributed by atoms with Gasteiger partial charge in [-0.05, 0) is 32.0 Å². The normalized spacial score (nSPS) is 18.2.